The lowest BCUT2D eigenvalue weighted by Gasteiger charge is -1.97. The summed E-state index contributed by atoms with van der Waals surface area (Å²) in [6.07, 6.45) is 0.759. The van der Waals surface area contributed by atoms with Gasteiger partial charge < -0.3 is 5.11 Å². The van der Waals surface area contributed by atoms with E-state index in [0.717, 1.165) is 26.1 Å². The van der Waals surface area contributed by atoms with Crippen LogP contribution in [0.5, 0.6) is 0 Å². The van der Waals surface area contributed by atoms with Crippen LogP contribution in [0, 0.1) is 0 Å². The number of benzene rings is 2. The first-order chi connectivity index (χ1) is 9.61. The molecule has 0 bridgehead atoms. The second-order valence-corrected chi connectivity index (χ2v) is 6.43. The van der Waals surface area contributed by atoms with Crippen molar-refractivity contribution in [2.45, 2.75) is 6.42 Å². The van der Waals surface area contributed by atoms with Crippen molar-refractivity contribution in [2.24, 2.45) is 0 Å². The Hall–Kier alpha value is -1.72. The Bertz CT molecular complexity index is 780. The van der Waals surface area contributed by atoms with Crippen LogP contribution in [0.4, 0.5) is 0 Å². The minimum absolute atomic E-state index is 0.302. The third-order valence-corrected chi connectivity index (χ3v) is 4.50. The zero-order chi connectivity index (χ0) is 14.1. The van der Waals surface area contributed by atoms with Crippen molar-refractivity contribution in [1.29, 1.82) is 0 Å². The lowest BCUT2D eigenvalue weighted by atomic mass is 10.2. The molecule has 0 radical (unpaired) electrons. The van der Waals surface area contributed by atoms with Crippen molar-refractivity contribution < 1.29 is 9.90 Å². The minimum atomic E-state index is -0.908. The van der Waals surface area contributed by atoms with Gasteiger partial charge in [0, 0.05) is 10.9 Å². The molecule has 3 rings (SSSR count). The number of carbonyl (C=O) groups is 1. The summed E-state index contributed by atoms with van der Waals surface area (Å²) in [6, 6.07) is 13.2. The summed E-state index contributed by atoms with van der Waals surface area (Å²) in [6.45, 7) is 0. The molecule has 0 saturated heterocycles. The van der Waals surface area contributed by atoms with Crippen molar-refractivity contribution in [3.05, 3.63) is 63.1 Å². The standard InChI is InChI=1S/C15H10BrNO2S/c16-11-4-1-9(2-5-11)7-14-17-12-6-3-10(15(18)19)8-13(12)20-14/h1-6,8H,7H2,(H,18,19). The van der Waals surface area contributed by atoms with E-state index < -0.39 is 5.97 Å². The molecule has 3 nitrogen and oxygen atoms in total. The van der Waals surface area contributed by atoms with E-state index in [4.69, 9.17) is 5.11 Å². The molecule has 0 unspecified atom stereocenters. The number of aromatic carboxylic acids is 1. The number of hydrogen-bond donors (Lipinski definition) is 1. The monoisotopic (exact) mass is 347 g/mol. The first kappa shape index (κ1) is 13.3. The van der Waals surface area contributed by atoms with E-state index in [-0.39, 0.29) is 0 Å². The summed E-state index contributed by atoms with van der Waals surface area (Å²) in [4.78, 5) is 15.5. The average molecular weight is 348 g/mol. The van der Waals surface area contributed by atoms with E-state index in [2.05, 4.69) is 33.0 Å². The Kier molecular flexibility index (Phi) is 3.54. The smallest absolute Gasteiger partial charge is 0.335 e. The molecule has 0 spiro atoms. The molecular weight excluding hydrogens is 338 g/mol. The number of carboxylic acid groups (broad SMARTS) is 1. The van der Waals surface area contributed by atoms with Gasteiger partial charge in [-0.05, 0) is 35.9 Å². The van der Waals surface area contributed by atoms with Crippen LogP contribution in [-0.4, -0.2) is 16.1 Å². The fourth-order valence-corrected chi connectivity index (χ4v) is 3.26. The molecule has 2 aromatic carbocycles. The fraction of sp³-hybridized carbons (Fsp3) is 0.0667. The van der Waals surface area contributed by atoms with Gasteiger partial charge in [0.15, 0.2) is 0 Å². The summed E-state index contributed by atoms with van der Waals surface area (Å²) in [5.41, 5.74) is 2.34. The minimum Gasteiger partial charge on any atom is -0.478 e. The SMILES string of the molecule is O=C(O)c1ccc2nc(Cc3ccc(Br)cc3)sc2c1. The first-order valence-electron chi connectivity index (χ1n) is 5.99. The predicted molar refractivity (Wildman–Crippen MR) is 83.5 cm³/mol. The van der Waals surface area contributed by atoms with Crippen LogP contribution >= 0.6 is 27.3 Å². The first-order valence-corrected chi connectivity index (χ1v) is 7.60. The maximum absolute atomic E-state index is 11.0. The molecule has 0 aliphatic rings. The molecule has 0 saturated carbocycles. The number of aromatic nitrogens is 1. The van der Waals surface area contributed by atoms with Gasteiger partial charge in [-0.1, -0.05) is 28.1 Å². The third kappa shape index (κ3) is 2.73. The van der Waals surface area contributed by atoms with Gasteiger partial charge in [-0.3, -0.25) is 0 Å². The Labute approximate surface area is 128 Å². The maximum atomic E-state index is 11.0. The summed E-state index contributed by atoms with van der Waals surface area (Å²) >= 11 is 4.95. The number of thiazole rings is 1. The van der Waals surface area contributed by atoms with E-state index in [1.807, 2.05) is 12.1 Å². The van der Waals surface area contributed by atoms with Crippen LogP contribution in [0.2, 0.25) is 0 Å². The van der Waals surface area contributed by atoms with E-state index in [1.54, 1.807) is 29.5 Å². The topological polar surface area (TPSA) is 50.2 Å². The lowest BCUT2D eigenvalue weighted by Crippen LogP contribution is -1.94. The maximum Gasteiger partial charge on any atom is 0.335 e. The summed E-state index contributed by atoms with van der Waals surface area (Å²) in [5.74, 6) is -0.908. The van der Waals surface area contributed by atoms with Gasteiger partial charge in [-0.2, -0.15) is 0 Å². The second kappa shape index (κ2) is 5.34. The second-order valence-electron chi connectivity index (χ2n) is 4.40. The predicted octanol–water partition coefficient (Wildman–Crippen LogP) is 4.35. The largest absolute Gasteiger partial charge is 0.478 e. The van der Waals surface area contributed by atoms with Crippen LogP contribution < -0.4 is 0 Å². The van der Waals surface area contributed by atoms with Crippen molar-refractivity contribution in [2.75, 3.05) is 0 Å². The van der Waals surface area contributed by atoms with Crippen LogP contribution in [0.15, 0.2) is 46.9 Å². The molecule has 1 aromatic heterocycles. The van der Waals surface area contributed by atoms with Gasteiger partial charge in [0.1, 0.15) is 0 Å². The highest BCUT2D eigenvalue weighted by molar-refractivity contribution is 9.10. The highest BCUT2D eigenvalue weighted by Crippen LogP contribution is 2.25. The van der Waals surface area contributed by atoms with Crippen LogP contribution in [0.25, 0.3) is 10.2 Å². The van der Waals surface area contributed by atoms with Crippen LogP contribution in [0.1, 0.15) is 20.9 Å². The molecule has 3 aromatic rings. The van der Waals surface area contributed by atoms with Crippen molar-refractivity contribution in [3.63, 3.8) is 0 Å². The molecule has 0 amide bonds. The highest BCUT2D eigenvalue weighted by atomic mass is 79.9. The van der Waals surface area contributed by atoms with Gasteiger partial charge >= 0.3 is 5.97 Å². The Morgan fingerprint density at radius 3 is 2.65 bits per heavy atom. The van der Waals surface area contributed by atoms with Gasteiger partial charge in [-0.25, -0.2) is 9.78 Å². The normalized spacial score (nSPS) is 10.8. The molecule has 1 N–H and O–H groups in total. The fourth-order valence-electron chi connectivity index (χ4n) is 1.96. The molecule has 5 heteroatoms. The lowest BCUT2D eigenvalue weighted by molar-refractivity contribution is 0.0697. The average Bonchev–Trinajstić information content (AvgIpc) is 2.82. The van der Waals surface area contributed by atoms with E-state index >= 15 is 0 Å². The summed E-state index contributed by atoms with van der Waals surface area (Å²) in [7, 11) is 0. The summed E-state index contributed by atoms with van der Waals surface area (Å²) < 4.78 is 1.97. The number of fused-ring (bicyclic) bond motifs is 1. The summed E-state index contributed by atoms with van der Waals surface area (Å²) in [5, 5.41) is 9.98. The Morgan fingerprint density at radius 2 is 1.95 bits per heavy atom. The molecular formula is C15H10BrNO2S. The highest BCUT2D eigenvalue weighted by Gasteiger charge is 2.08. The van der Waals surface area contributed by atoms with Gasteiger partial charge in [0.25, 0.3) is 0 Å². The quantitative estimate of drug-likeness (QED) is 0.766. The van der Waals surface area contributed by atoms with Crippen molar-refractivity contribution >= 4 is 43.5 Å². The van der Waals surface area contributed by atoms with Crippen molar-refractivity contribution in [1.82, 2.24) is 4.98 Å². The van der Waals surface area contributed by atoms with Gasteiger partial charge in [0.2, 0.25) is 0 Å². The molecule has 0 atom stereocenters. The van der Waals surface area contributed by atoms with Crippen LogP contribution in [0.3, 0.4) is 0 Å². The van der Waals surface area contributed by atoms with E-state index in [9.17, 15) is 4.79 Å². The Morgan fingerprint density at radius 1 is 1.20 bits per heavy atom. The number of rotatable bonds is 3. The zero-order valence-electron chi connectivity index (χ0n) is 10.3. The Balaban J connectivity index is 1.92. The van der Waals surface area contributed by atoms with Gasteiger partial charge in [-0.15, -0.1) is 11.3 Å². The molecule has 1 heterocycles. The number of nitrogens with zero attached hydrogens (tertiary/aromatic N) is 1. The number of hydrogen-bond acceptors (Lipinski definition) is 3. The molecule has 20 heavy (non-hydrogen) atoms. The zero-order valence-corrected chi connectivity index (χ0v) is 12.7. The molecule has 0 aliphatic carbocycles. The van der Waals surface area contributed by atoms with E-state index in [1.165, 1.54) is 5.56 Å². The number of carboxylic acids is 1. The van der Waals surface area contributed by atoms with E-state index in [0.29, 0.717) is 5.56 Å². The van der Waals surface area contributed by atoms with Crippen LogP contribution in [-0.2, 0) is 6.42 Å². The van der Waals surface area contributed by atoms with Crippen molar-refractivity contribution in [3.8, 4) is 0 Å². The molecule has 100 valence electrons. The van der Waals surface area contributed by atoms with Gasteiger partial charge in [0.05, 0.1) is 20.8 Å². The number of halogens is 1. The molecule has 0 fully saturated rings. The molecule has 0 aliphatic heterocycles. The third-order valence-electron chi connectivity index (χ3n) is 2.95.